The van der Waals surface area contributed by atoms with E-state index in [9.17, 15) is 10.0 Å². The maximum atomic E-state index is 11.9. The molecule has 0 aliphatic carbocycles. The first-order chi connectivity index (χ1) is 11.1. The standard InChI is InChI=1S/C13H10N6O3S/c14-12-11(18-22-19(12)21)10(20)7-23-13-15-6-9(16-17-13)8-4-2-1-3-5-8/h1-6H,7,14H2. The Balaban J connectivity index is 1.65. The van der Waals surface area contributed by atoms with Crippen molar-refractivity contribution in [3.63, 3.8) is 0 Å². The van der Waals surface area contributed by atoms with Crippen LogP contribution in [0.2, 0.25) is 0 Å². The molecule has 0 fully saturated rings. The minimum Gasteiger partial charge on any atom is -0.391 e. The van der Waals surface area contributed by atoms with Crippen LogP contribution in [0.25, 0.3) is 11.3 Å². The van der Waals surface area contributed by atoms with Gasteiger partial charge in [-0.1, -0.05) is 47.0 Å². The SMILES string of the molecule is Nc1c(C(=O)CSc2ncc(-c3ccccc3)nn2)no[n+]1[O-]. The fraction of sp³-hybridized carbons (Fsp3) is 0.0769. The number of benzene rings is 1. The van der Waals surface area contributed by atoms with E-state index in [4.69, 9.17) is 5.73 Å². The Kier molecular flexibility index (Phi) is 4.15. The van der Waals surface area contributed by atoms with Crippen LogP contribution >= 0.6 is 11.8 Å². The summed E-state index contributed by atoms with van der Waals surface area (Å²) in [7, 11) is 0. The number of hydrogen-bond acceptors (Lipinski definition) is 9. The largest absolute Gasteiger partial charge is 0.391 e. The first kappa shape index (κ1) is 14.9. The van der Waals surface area contributed by atoms with E-state index < -0.39 is 5.78 Å². The number of ketones is 1. The van der Waals surface area contributed by atoms with Gasteiger partial charge in [-0.25, -0.2) is 4.98 Å². The molecule has 1 aromatic carbocycles. The lowest BCUT2D eigenvalue weighted by molar-refractivity contribution is -0.790. The highest BCUT2D eigenvalue weighted by Crippen LogP contribution is 2.18. The molecule has 3 rings (SSSR count). The highest BCUT2D eigenvalue weighted by molar-refractivity contribution is 7.99. The van der Waals surface area contributed by atoms with Gasteiger partial charge in [0.1, 0.15) is 5.69 Å². The van der Waals surface area contributed by atoms with Crippen LogP contribution in [0.4, 0.5) is 5.82 Å². The number of Topliss-reactive ketones (excluding diaryl/α,β-unsaturated/α-hetero) is 1. The predicted octanol–water partition coefficient (Wildman–Crippen LogP) is 0.717. The molecule has 0 spiro atoms. The zero-order valence-electron chi connectivity index (χ0n) is 11.6. The molecule has 0 radical (unpaired) electrons. The van der Waals surface area contributed by atoms with Gasteiger partial charge in [0, 0.05) is 5.56 Å². The first-order valence-corrected chi connectivity index (χ1v) is 7.40. The van der Waals surface area contributed by atoms with Crippen LogP contribution in [0, 0.1) is 5.21 Å². The number of rotatable bonds is 5. The van der Waals surface area contributed by atoms with Gasteiger partial charge in [0.05, 0.1) is 11.9 Å². The number of carbonyl (C=O) groups is 1. The number of aromatic nitrogens is 5. The van der Waals surface area contributed by atoms with Crippen LogP contribution in [-0.4, -0.2) is 31.9 Å². The smallest absolute Gasteiger partial charge is 0.303 e. The van der Waals surface area contributed by atoms with Crippen molar-refractivity contribution in [2.24, 2.45) is 0 Å². The number of hydrogen-bond donors (Lipinski definition) is 1. The number of carbonyl (C=O) groups excluding carboxylic acids is 1. The molecule has 3 aromatic rings. The number of thioether (sulfide) groups is 1. The summed E-state index contributed by atoms with van der Waals surface area (Å²) in [6, 6.07) is 9.48. The fourth-order valence-electron chi connectivity index (χ4n) is 1.72. The van der Waals surface area contributed by atoms with E-state index in [0.29, 0.717) is 10.9 Å². The van der Waals surface area contributed by atoms with Crippen molar-refractivity contribution in [2.45, 2.75) is 5.16 Å². The molecule has 0 bridgehead atoms. The number of anilines is 1. The third-order valence-electron chi connectivity index (χ3n) is 2.85. The molecule has 0 saturated heterocycles. The lowest BCUT2D eigenvalue weighted by Gasteiger charge is -2.00. The van der Waals surface area contributed by atoms with Crippen LogP contribution < -0.4 is 10.6 Å². The number of nitrogens with zero attached hydrogens (tertiary/aromatic N) is 5. The van der Waals surface area contributed by atoms with E-state index in [1.165, 1.54) is 0 Å². The topological polar surface area (TPSA) is 135 Å². The molecule has 9 nitrogen and oxygen atoms in total. The van der Waals surface area contributed by atoms with Gasteiger partial charge >= 0.3 is 5.82 Å². The Labute approximate surface area is 134 Å². The summed E-state index contributed by atoms with van der Waals surface area (Å²) in [4.78, 5) is 16.0. The van der Waals surface area contributed by atoms with Crippen LogP contribution in [0.5, 0.6) is 0 Å². The van der Waals surface area contributed by atoms with Crippen molar-refractivity contribution in [1.29, 1.82) is 0 Å². The van der Waals surface area contributed by atoms with Crippen molar-refractivity contribution in [3.8, 4) is 11.3 Å². The second-order valence-corrected chi connectivity index (χ2v) is 5.31. The Bertz CT molecular complexity index is 821. The van der Waals surface area contributed by atoms with Gasteiger partial charge in [0.15, 0.2) is 0 Å². The molecule has 0 amide bonds. The Morgan fingerprint density at radius 1 is 1.30 bits per heavy atom. The molecule has 0 atom stereocenters. The highest BCUT2D eigenvalue weighted by atomic mass is 32.2. The van der Waals surface area contributed by atoms with E-state index in [-0.39, 0.29) is 22.2 Å². The van der Waals surface area contributed by atoms with E-state index in [0.717, 1.165) is 17.3 Å². The maximum absolute atomic E-state index is 11.9. The molecule has 116 valence electrons. The summed E-state index contributed by atoms with van der Waals surface area (Å²) in [6.45, 7) is 0. The third kappa shape index (κ3) is 3.26. The Hall–Kier alpha value is -3.01. The number of nitrogens with two attached hydrogens (primary N) is 1. The zero-order valence-corrected chi connectivity index (χ0v) is 12.4. The van der Waals surface area contributed by atoms with Crippen LogP contribution in [0.15, 0.2) is 46.3 Å². The van der Waals surface area contributed by atoms with Crippen LogP contribution in [0.1, 0.15) is 10.5 Å². The van der Waals surface area contributed by atoms with Crippen molar-refractivity contribution in [2.75, 3.05) is 11.5 Å². The second kappa shape index (κ2) is 6.40. The molecular weight excluding hydrogens is 320 g/mol. The molecule has 0 aliphatic heterocycles. The van der Waals surface area contributed by atoms with Gasteiger partial charge in [0.2, 0.25) is 10.9 Å². The molecule has 2 N–H and O–H groups in total. The summed E-state index contributed by atoms with van der Waals surface area (Å²) in [5.74, 6) is -0.862. The summed E-state index contributed by atoms with van der Waals surface area (Å²) in [6.07, 6.45) is 1.57. The monoisotopic (exact) mass is 330 g/mol. The molecule has 0 aliphatic rings. The molecule has 0 unspecified atom stereocenters. The second-order valence-electron chi connectivity index (χ2n) is 4.37. The highest BCUT2D eigenvalue weighted by Gasteiger charge is 2.22. The minimum absolute atomic E-state index is 0.0232. The number of nitrogen functional groups attached to an aromatic ring is 1. The first-order valence-electron chi connectivity index (χ1n) is 6.41. The minimum atomic E-state index is -0.457. The summed E-state index contributed by atoms with van der Waals surface area (Å²) < 4.78 is 4.25. The lowest BCUT2D eigenvalue weighted by Crippen LogP contribution is -2.27. The van der Waals surface area contributed by atoms with E-state index in [1.807, 2.05) is 30.3 Å². The van der Waals surface area contributed by atoms with Crippen molar-refractivity contribution < 1.29 is 14.3 Å². The fourth-order valence-corrected chi connectivity index (χ4v) is 2.34. The van der Waals surface area contributed by atoms with Crippen molar-refractivity contribution in [3.05, 3.63) is 47.4 Å². The maximum Gasteiger partial charge on any atom is 0.303 e. The summed E-state index contributed by atoms with van der Waals surface area (Å²) in [5, 5.41) is 22.6. The summed E-state index contributed by atoms with van der Waals surface area (Å²) in [5.41, 5.74) is 6.70. The molecule has 2 aromatic heterocycles. The van der Waals surface area contributed by atoms with E-state index in [2.05, 4.69) is 25.0 Å². The third-order valence-corrected chi connectivity index (χ3v) is 3.70. The normalized spacial score (nSPS) is 10.6. The molecule has 2 heterocycles. The van der Waals surface area contributed by atoms with Gasteiger partial charge in [-0.2, -0.15) is 0 Å². The Morgan fingerprint density at radius 2 is 2.09 bits per heavy atom. The summed E-state index contributed by atoms with van der Waals surface area (Å²) >= 11 is 1.06. The lowest BCUT2D eigenvalue weighted by atomic mass is 10.2. The van der Waals surface area contributed by atoms with Gasteiger partial charge in [-0.3, -0.25) is 4.79 Å². The average molecular weight is 330 g/mol. The van der Waals surface area contributed by atoms with Crippen molar-refractivity contribution >= 4 is 23.4 Å². The quantitative estimate of drug-likeness (QED) is 0.407. The predicted molar refractivity (Wildman–Crippen MR) is 80.2 cm³/mol. The zero-order chi connectivity index (χ0) is 16.2. The van der Waals surface area contributed by atoms with E-state index >= 15 is 0 Å². The van der Waals surface area contributed by atoms with E-state index in [1.54, 1.807) is 6.20 Å². The van der Waals surface area contributed by atoms with Crippen LogP contribution in [-0.2, 0) is 0 Å². The Morgan fingerprint density at radius 3 is 2.70 bits per heavy atom. The van der Waals surface area contributed by atoms with Crippen LogP contribution in [0.3, 0.4) is 0 Å². The molecule has 23 heavy (non-hydrogen) atoms. The van der Waals surface area contributed by atoms with Crippen molar-refractivity contribution in [1.82, 2.24) is 20.3 Å². The van der Waals surface area contributed by atoms with Gasteiger partial charge < -0.3 is 15.6 Å². The van der Waals surface area contributed by atoms with Gasteiger partial charge in [-0.05, 0) is 5.16 Å². The van der Waals surface area contributed by atoms with Gasteiger partial charge in [0.25, 0.3) is 5.69 Å². The molecular formula is C13H10N6O3S. The molecule has 0 saturated carbocycles. The van der Waals surface area contributed by atoms with Gasteiger partial charge in [-0.15, -0.1) is 10.2 Å². The average Bonchev–Trinajstić information content (AvgIpc) is 2.93. The molecule has 10 heteroatoms.